The van der Waals surface area contributed by atoms with E-state index < -0.39 is 0 Å². The minimum atomic E-state index is 0.0677. The third-order valence-corrected chi connectivity index (χ3v) is 3.55. The highest BCUT2D eigenvalue weighted by molar-refractivity contribution is 5.44. The van der Waals surface area contributed by atoms with Crippen LogP contribution in [-0.2, 0) is 0 Å². The molecule has 0 aliphatic heterocycles. The molecule has 1 heterocycles. The van der Waals surface area contributed by atoms with Crippen molar-refractivity contribution in [3.8, 4) is 5.88 Å². The maximum Gasteiger partial charge on any atom is 0.225 e. The molecule has 0 bridgehead atoms. The molecule has 0 saturated heterocycles. The van der Waals surface area contributed by atoms with Gasteiger partial charge in [0.05, 0.1) is 6.10 Å². The number of hydrogen-bond donors (Lipinski definition) is 2. The van der Waals surface area contributed by atoms with E-state index in [1.807, 2.05) is 19.9 Å². The Morgan fingerprint density at radius 3 is 2.75 bits per heavy atom. The van der Waals surface area contributed by atoms with Gasteiger partial charge in [0.2, 0.25) is 11.8 Å². The van der Waals surface area contributed by atoms with Crippen molar-refractivity contribution in [3.63, 3.8) is 0 Å². The first-order valence-corrected chi connectivity index (χ1v) is 7.20. The molecule has 0 aromatic carbocycles. The lowest BCUT2D eigenvalue weighted by Crippen LogP contribution is -2.39. The summed E-state index contributed by atoms with van der Waals surface area (Å²) >= 11 is 0. The smallest absolute Gasteiger partial charge is 0.225 e. The van der Waals surface area contributed by atoms with Crippen molar-refractivity contribution >= 4 is 11.8 Å². The molecule has 1 aliphatic carbocycles. The molecule has 0 unspecified atom stereocenters. The van der Waals surface area contributed by atoms with Gasteiger partial charge in [-0.1, -0.05) is 0 Å². The van der Waals surface area contributed by atoms with Gasteiger partial charge in [-0.2, -0.15) is 9.97 Å². The van der Waals surface area contributed by atoms with E-state index in [9.17, 15) is 0 Å². The van der Waals surface area contributed by atoms with Crippen molar-refractivity contribution in [2.75, 3.05) is 25.1 Å². The molecule has 0 spiro atoms. The van der Waals surface area contributed by atoms with Crippen molar-refractivity contribution in [3.05, 3.63) is 6.07 Å². The molecular formula is C14H25N5O. The van der Waals surface area contributed by atoms with Crippen LogP contribution in [-0.4, -0.2) is 47.2 Å². The second-order valence-corrected chi connectivity index (χ2v) is 5.83. The number of hydrogen-bond acceptors (Lipinski definition) is 6. The van der Waals surface area contributed by atoms with E-state index in [1.54, 1.807) is 0 Å². The van der Waals surface area contributed by atoms with Gasteiger partial charge in [-0.3, -0.25) is 0 Å². The number of nitrogens with two attached hydrogens (primary N) is 1. The Morgan fingerprint density at radius 2 is 2.10 bits per heavy atom. The van der Waals surface area contributed by atoms with Crippen LogP contribution in [0.1, 0.15) is 33.1 Å². The van der Waals surface area contributed by atoms with Crippen LogP contribution in [0.25, 0.3) is 0 Å². The highest BCUT2D eigenvalue weighted by Crippen LogP contribution is 2.26. The Hall–Kier alpha value is -1.56. The lowest BCUT2D eigenvalue weighted by Gasteiger charge is -2.27. The molecule has 1 aromatic rings. The van der Waals surface area contributed by atoms with E-state index in [4.69, 9.17) is 10.5 Å². The molecule has 1 aliphatic rings. The van der Waals surface area contributed by atoms with Crippen LogP contribution in [0, 0.1) is 0 Å². The average molecular weight is 279 g/mol. The van der Waals surface area contributed by atoms with E-state index in [0.717, 1.165) is 12.2 Å². The van der Waals surface area contributed by atoms with E-state index in [1.165, 1.54) is 12.8 Å². The maximum absolute atomic E-state index is 5.75. The fourth-order valence-corrected chi connectivity index (χ4v) is 2.74. The van der Waals surface area contributed by atoms with E-state index in [-0.39, 0.29) is 12.1 Å². The largest absolute Gasteiger partial charge is 0.475 e. The minimum Gasteiger partial charge on any atom is -0.475 e. The van der Waals surface area contributed by atoms with Gasteiger partial charge in [-0.25, -0.2) is 0 Å². The first-order chi connectivity index (χ1) is 9.45. The monoisotopic (exact) mass is 279 g/mol. The molecule has 2 rings (SSSR count). The number of likely N-dealkylation sites (N-methyl/N-ethyl adjacent to an activating group) is 1. The van der Waals surface area contributed by atoms with Gasteiger partial charge in [-0.05, 0) is 47.2 Å². The quantitative estimate of drug-likeness (QED) is 0.855. The molecule has 3 N–H and O–H groups in total. The highest BCUT2D eigenvalue weighted by atomic mass is 16.5. The normalized spacial score (nSPS) is 22.5. The Kier molecular flexibility index (Phi) is 4.65. The molecule has 1 aromatic heterocycles. The van der Waals surface area contributed by atoms with Gasteiger partial charge in [0.1, 0.15) is 5.82 Å². The lowest BCUT2D eigenvalue weighted by molar-refractivity contribution is 0.232. The van der Waals surface area contributed by atoms with E-state index >= 15 is 0 Å². The molecule has 6 nitrogen and oxygen atoms in total. The van der Waals surface area contributed by atoms with Crippen molar-refractivity contribution in [1.82, 2.24) is 14.9 Å². The number of nitrogen functional groups attached to an aromatic ring is 1. The summed E-state index contributed by atoms with van der Waals surface area (Å²) in [5.74, 6) is 1.51. The number of anilines is 2. The van der Waals surface area contributed by atoms with Crippen LogP contribution in [0.4, 0.5) is 11.8 Å². The van der Waals surface area contributed by atoms with Gasteiger partial charge in [0.25, 0.3) is 0 Å². The molecule has 2 atom stereocenters. The number of aromatic nitrogens is 2. The van der Waals surface area contributed by atoms with Crippen molar-refractivity contribution in [1.29, 1.82) is 0 Å². The molecule has 112 valence electrons. The van der Waals surface area contributed by atoms with Crippen LogP contribution in [0.15, 0.2) is 6.07 Å². The molecule has 0 radical (unpaired) electrons. The summed E-state index contributed by atoms with van der Waals surface area (Å²) in [5, 5.41) is 3.47. The fourth-order valence-electron chi connectivity index (χ4n) is 2.74. The summed E-state index contributed by atoms with van der Waals surface area (Å²) in [5.41, 5.74) is 5.75. The third-order valence-electron chi connectivity index (χ3n) is 3.55. The predicted molar refractivity (Wildman–Crippen MR) is 80.9 cm³/mol. The second-order valence-electron chi connectivity index (χ2n) is 5.83. The first-order valence-electron chi connectivity index (χ1n) is 7.20. The van der Waals surface area contributed by atoms with E-state index in [0.29, 0.717) is 18.0 Å². The minimum absolute atomic E-state index is 0.0677. The zero-order chi connectivity index (χ0) is 14.7. The third kappa shape index (κ3) is 3.72. The molecule has 0 amide bonds. The SMILES string of the molecule is CC(C)Oc1cc(N[C@H]2CCC[C@@H]2N(C)C)nc(N)n1. The summed E-state index contributed by atoms with van der Waals surface area (Å²) in [6.45, 7) is 3.93. The molecule has 1 saturated carbocycles. The Bertz CT molecular complexity index is 449. The van der Waals surface area contributed by atoms with Crippen molar-refractivity contribution < 1.29 is 4.74 Å². The first kappa shape index (κ1) is 14.8. The molecule has 6 heteroatoms. The predicted octanol–water partition coefficient (Wildman–Crippen LogP) is 1.74. The maximum atomic E-state index is 5.75. The Morgan fingerprint density at radius 1 is 1.35 bits per heavy atom. The van der Waals surface area contributed by atoms with Crippen LogP contribution in [0.5, 0.6) is 5.88 Å². The number of ether oxygens (including phenoxy) is 1. The summed E-state index contributed by atoms with van der Waals surface area (Å²) < 4.78 is 5.59. The summed E-state index contributed by atoms with van der Waals surface area (Å²) in [4.78, 5) is 10.6. The van der Waals surface area contributed by atoms with Crippen LogP contribution >= 0.6 is 0 Å². The van der Waals surface area contributed by atoms with Crippen molar-refractivity contribution in [2.24, 2.45) is 0 Å². The van der Waals surface area contributed by atoms with Crippen LogP contribution < -0.4 is 15.8 Å². The Labute approximate surface area is 120 Å². The van der Waals surface area contributed by atoms with E-state index in [2.05, 4.69) is 34.3 Å². The number of nitrogens with one attached hydrogen (secondary N) is 1. The van der Waals surface area contributed by atoms with Crippen molar-refractivity contribution in [2.45, 2.75) is 51.3 Å². The van der Waals surface area contributed by atoms with Gasteiger partial charge < -0.3 is 20.7 Å². The second kappa shape index (κ2) is 6.26. The topological polar surface area (TPSA) is 76.3 Å². The fraction of sp³-hybridized carbons (Fsp3) is 0.714. The van der Waals surface area contributed by atoms with Gasteiger partial charge in [0, 0.05) is 18.2 Å². The zero-order valence-electron chi connectivity index (χ0n) is 12.8. The van der Waals surface area contributed by atoms with Gasteiger partial charge in [-0.15, -0.1) is 0 Å². The number of rotatable bonds is 5. The zero-order valence-corrected chi connectivity index (χ0v) is 12.8. The van der Waals surface area contributed by atoms with Gasteiger partial charge in [0.15, 0.2) is 0 Å². The van der Waals surface area contributed by atoms with Crippen LogP contribution in [0.3, 0.4) is 0 Å². The molecule has 20 heavy (non-hydrogen) atoms. The van der Waals surface area contributed by atoms with Gasteiger partial charge >= 0.3 is 0 Å². The average Bonchev–Trinajstić information content (AvgIpc) is 2.75. The van der Waals surface area contributed by atoms with Crippen LogP contribution in [0.2, 0.25) is 0 Å². The lowest BCUT2D eigenvalue weighted by atomic mass is 10.1. The number of nitrogens with zero attached hydrogens (tertiary/aromatic N) is 3. The highest BCUT2D eigenvalue weighted by Gasteiger charge is 2.29. The molecule has 1 fully saturated rings. The Balaban J connectivity index is 2.10. The summed E-state index contributed by atoms with van der Waals surface area (Å²) in [7, 11) is 4.23. The summed E-state index contributed by atoms with van der Waals surface area (Å²) in [6, 6.07) is 2.74. The summed E-state index contributed by atoms with van der Waals surface area (Å²) in [6.07, 6.45) is 3.66. The molecular weight excluding hydrogens is 254 g/mol. The standard InChI is InChI=1S/C14H25N5O/c1-9(2)20-13-8-12(17-14(15)18-13)16-10-6-5-7-11(10)19(3)4/h8-11H,5-7H2,1-4H3,(H3,15,16,17,18)/t10-,11-/m0/s1.